The van der Waals surface area contributed by atoms with Gasteiger partial charge < -0.3 is 4.74 Å². The van der Waals surface area contributed by atoms with Crippen LogP contribution < -0.4 is 0 Å². The Labute approximate surface area is 119 Å². The SMILES string of the molecule is C=C(Cc1ccccc1-c1ccccc1)C(=O)OCC. The summed E-state index contributed by atoms with van der Waals surface area (Å²) in [5.41, 5.74) is 3.82. The Kier molecular flexibility index (Phi) is 4.72. The predicted molar refractivity (Wildman–Crippen MR) is 81.4 cm³/mol. The Morgan fingerprint density at radius 3 is 2.40 bits per heavy atom. The van der Waals surface area contributed by atoms with Crippen LogP contribution in [0.25, 0.3) is 11.1 Å². The molecule has 2 nitrogen and oxygen atoms in total. The summed E-state index contributed by atoms with van der Waals surface area (Å²) in [6.45, 7) is 6.00. The first-order valence-electron chi connectivity index (χ1n) is 6.70. The van der Waals surface area contributed by atoms with Crippen molar-refractivity contribution < 1.29 is 9.53 Å². The van der Waals surface area contributed by atoms with E-state index in [4.69, 9.17) is 4.74 Å². The van der Waals surface area contributed by atoms with Gasteiger partial charge in [0.05, 0.1) is 6.61 Å². The Bertz CT molecular complexity index is 600. The van der Waals surface area contributed by atoms with E-state index in [1.807, 2.05) is 36.4 Å². The number of esters is 1. The van der Waals surface area contributed by atoms with Crippen LogP contribution in [-0.4, -0.2) is 12.6 Å². The Hall–Kier alpha value is -2.35. The van der Waals surface area contributed by atoms with E-state index in [0.29, 0.717) is 18.6 Å². The Morgan fingerprint density at radius 2 is 1.70 bits per heavy atom. The molecule has 20 heavy (non-hydrogen) atoms. The predicted octanol–water partition coefficient (Wildman–Crippen LogP) is 4.02. The quantitative estimate of drug-likeness (QED) is 0.603. The highest BCUT2D eigenvalue weighted by atomic mass is 16.5. The number of carbonyl (C=O) groups is 1. The highest BCUT2D eigenvalue weighted by Crippen LogP contribution is 2.25. The topological polar surface area (TPSA) is 26.3 Å². The molecule has 0 heterocycles. The van der Waals surface area contributed by atoms with Crippen molar-refractivity contribution in [2.75, 3.05) is 6.61 Å². The standard InChI is InChI=1S/C18H18O2/c1-3-20-18(19)14(2)13-16-11-7-8-12-17(16)15-9-5-4-6-10-15/h4-12H,2-3,13H2,1H3. The Balaban J connectivity index is 2.25. The summed E-state index contributed by atoms with van der Waals surface area (Å²) in [6.07, 6.45) is 0.504. The van der Waals surface area contributed by atoms with Crippen LogP contribution in [0, 0.1) is 0 Å². The average Bonchev–Trinajstić information content (AvgIpc) is 2.49. The van der Waals surface area contributed by atoms with Gasteiger partial charge in [-0.05, 0) is 23.6 Å². The van der Waals surface area contributed by atoms with Crippen molar-refractivity contribution in [1.82, 2.24) is 0 Å². The van der Waals surface area contributed by atoms with Crippen LogP contribution >= 0.6 is 0 Å². The van der Waals surface area contributed by atoms with Crippen LogP contribution in [0.1, 0.15) is 12.5 Å². The molecule has 0 saturated heterocycles. The summed E-state index contributed by atoms with van der Waals surface area (Å²) < 4.78 is 4.98. The second kappa shape index (κ2) is 6.71. The number of ether oxygens (including phenoxy) is 1. The molecule has 2 aromatic carbocycles. The molecule has 0 saturated carbocycles. The summed E-state index contributed by atoms with van der Waals surface area (Å²) >= 11 is 0. The molecular formula is C18H18O2. The van der Waals surface area contributed by atoms with Gasteiger partial charge in [-0.2, -0.15) is 0 Å². The molecule has 102 valence electrons. The summed E-state index contributed by atoms with van der Waals surface area (Å²) in [5.74, 6) is -0.324. The van der Waals surface area contributed by atoms with Crippen LogP contribution in [0.2, 0.25) is 0 Å². The van der Waals surface area contributed by atoms with E-state index in [0.717, 1.165) is 16.7 Å². The molecule has 0 aromatic heterocycles. The van der Waals surface area contributed by atoms with E-state index < -0.39 is 0 Å². The van der Waals surface area contributed by atoms with Gasteiger partial charge >= 0.3 is 5.97 Å². The molecule has 0 N–H and O–H groups in total. The first-order valence-corrected chi connectivity index (χ1v) is 6.70. The van der Waals surface area contributed by atoms with Crippen LogP contribution in [0.3, 0.4) is 0 Å². The number of rotatable bonds is 5. The third kappa shape index (κ3) is 3.35. The summed E-state index contributed by atoms with van der Waals surface area (Å²) in [4.78, 5) is 11.7. The van der Waals surface area contributed by atoms with Gasteiger partial charge in [-0.15, -0.1) is 0 Å². The van der Waals surface area contributed by atoms with Crippen molar-refractivity contribution in [3.8, 4) is 11.1 Å². The average molecular weight is 266 g/mol. The van der Waals surface area contributed by atoms with Crippen molar-refractivity contribution >= 4 is 5.97 Å². The highest BCUT2D eigenvalue weighted by Gasteiger charge is 2.11. The first-order chi connectivity index (χ1) is 9.72. The maximum Gasteiger partial charge on any atom is 0.333 e. The molecule has 0 aliphatic rings. The maximum atomic E-state index is 11.7. The maximum absolute atomic E-state index is 11.7. The van der Waals surface area contributed by atoms with Crippen molar-refractivity contribution in [1.29, 1.82) is 0 Å². The van der Waals surface area contributed by atoms with E-state index in [1.54, 1.807) is 6.92 Å². The third-order valence-corrected chi connectivity index (χ3v) is 3.07. The smallest absolute Gasteiger partial charge is 0.333 e. The largest absolute Gasteiger partial charge is 0.463 e. The summed E-state index contributed by atoms with van der Waals surface area (Å²) in [6, 6.07) is 18.2. The van der Waals surface area contributed by atoms with E-state index in [9.17, 15) is 4.79 Å². The van der Waals surface area contributed by atoms with Crippen molar-refractivity contribution in [3.05, 3.63) is 72.3 Å². The molecule has 0 aliphatic heterocycles. The van der Waals surface area contributed by atoms with Gasteiger partial charge in [-0.25, -0.2) is 4.79 Å². The molecule has 0 bridgehead atoms. The minimum Gasteiger partial charge on any atom is -0.463 e. The first kappa shape index (κ1) is 14.1. The third-order valence-electron chi connectivity index (χ3n) is 3.07. The second-order valence-corrected chi connectivity index (χ2v) is 4.52. The minimum absolute atomic E-state index is 0.324. The number of hydrogen-bond donors (Lipinski definition) is 0. The van der Waals surface area contributed by atoms with Crippen molar-refractivity contribution in [2.24, 2.45) is 0 Å². The molecule has 0 radical (unpaired) electrons. The molecule has 2 aromatic rings. The van der Waals surface area contributed by atoms with Crippen molar-refractivity contribution in [3.63, 3.8) is 0 Å². The molecule has 0 unspecified atom stereocenters. The zero-order valence-corrected chi connectivity index (χ0v) is 11.6. The lowest BCUT2D eigenvalue weighted by molar-refractivity contribution is -0.138. The van der Waals surface area contributed by atoms with Crippen LogP contribution in [0.15, 0.2) is 66.7 Å². The van der Waals surface area contributed by atoms with Crippen LogP contribution in [0.4, 0.5) is 0 Å². The zero-order valence-electron chi connectivity index (χ0n) is 11.6. The lowest BCUT2D eigenvalue weighted by Gasteiger charge is -2.11. The van der Waals surface area contributed by atoms with Crippen LogP contribution in [0.5, 0.6) is 0 Å². The van der Waals surface area contributed by atoms with Crippen molar-refractivity contribution in [2.45, 2.75) is 13.3 Å². The highest BCUT2D eigenvalue weighted by molar-refractivity contribution is 5.88. The van der Waals surface area contributed by atoms with E-state index in [1.165, 1.54) is 0 Å². The molecule has 0 spiro atoms. The van der Waals surface area contributed by atoms with Gasteiger partial charge in [0, 0.05) is 12.0 Å². The van der Waals surface area contributed by atoms with Gasteiger partial charge in [0.2, 0.25) is 0 Å². The number of benzene rings is 2. The lowest BCUT2D eigenvalue weighted by atomic mass is 9.95. The van der Waals surface area contributed by atoms with Gasteiger partial charge in [0.15, 0.2) is 0 Å². The van der Waals surface area contributed by atoms with E-state index >= 15 is 0 Å². The summed E-state index contributed by atoms with van der Waals surface area (Å²) in [5, 5.41) is 0. The molecule has 0 amide bonds. The van der Waals surface area contributed by atoms with Gasteiger partial charge in [-0.1, -0.05) is 61.2 Å². The normalized spacial score (nSPS) is 10.1. The number of hydrogen-bond acceptors (Lipinski definition) is 2. The second-order valence-electron chi connectivity index (χ2n) is 4.52. The fourth-order valence-electron chi connectivity index (χ4n) is 2.11. The fourth-order valence-corrected chi connectivity index (χ4v) is 2.11. The molecule has 0 aliphatic carbocycles. The Morgan fingerprint density at radius 1 is 1.05 bits per heavy atom. The molecule has 2 rings (SSSR count). The lowest BCUT2D eigenvalue weighted by Crippen LogP contribution is -2.09. The molecule has 0 fully saturated rings. The van der Waals surface area contributed by atoms with E-state index in [-0.39, 0.29) is 5.97 Å². The molecule has 2 heteroatoms. The van der Waals surface area contributed by atoms with Gasteiger partial charge in [-0.3, -0.25) is 0 Å². The molecular weight excluding hydrogens is 248 g/mol. The summed E-state index contributed by atoms with van der Waals surface area (Å²) in [7, 11) is 0. The van der Waals surface area contributed by atoms with Gasteiger partial charge in [0.1, 0.15) is 0 Å². The fraction of sp³-hybridized carbons (Fsp3) is 0.167. The number of carbonyl (C=O) groups excluding carboxylic acids is 1. The van der Waals surface area contributed by atoms with Crippen LogP contribution in [-0.2, 0) is 16.0 Å². The monoisotopic (exact) mass is 266 g/mol. The van der Waals surface area contributed by atoms with Gasteiger partial charge in [0.25, 0.3) is 0 Å². The minimum atomic E-state index is -0.324. The molecule has 0 atom stereocenters. The zero-order chi connectivity index (χ0) is 14.4. The van der Waals surface area contributed by atoms with E-state index in [2.05, 4.69) is 24.8 Å².